The minimum absolute atomic E-state index is 0.259. The zero-order valence-electron chi connectivity index (χ0n) is 13.3. The van der Waals surface area contributed by atoms with Crippen LogP contribution in [-0.4, -0.2) is 43.7 Å². The number of ether oxygens (including phenoxy) is 2. The number of methoxy groups -OCH3 is 2. The molecule has 122 valence electrons. The molecule has 1 aliphatic rings. The molecule has 0 spiro atoms. The zero-order valence-corrected chi connectivity index (χ0v) is 13.3. The van der Waals surface area contributed by atoms with Gasteiger partial charge in [-0.2, -0.15) is 10.5 Å². The molecule has 24 heavy (non-hydrogen) atoms. The van der Waals surface area contributed by atoms with Crippen LogP contribution in [0.5, 0.6) is 0 Å². The van der Waals surface area contributed by atoms with E-state index in [4.69, 9.17) is 0 Å². The average Bonchev–Trinajstić information content (AvgIpc) is 2.59. The molecule has 0 radical (unpaired) electrons. The van der Waals surface area contributed by atoms with Gasteiger partial charge in [-0.1, -0.05) is 0 Å². The van der Waals surface area contributed by atoms with Gasteiger partial charge < -0.3 is 14.6 Å². The summed E-state index contributed by atoms with van der Waals surface area (Å²) < 4.78 is 9.23. The minimum Gasteiger partial charge on any atom is -0.616 e. The average molecular weight is 325 g/mol. The molecule has 0 bridgehead atoms. The Morgan fingerprint density at radius 3 is 2.33 bits per heavy atom. The molecule has 1 unspecified atom stereocenters. The third-order valence-electron chi connectivity index (χ3n) is 3.93. The van der Waals surface area contributed by atoms with Gasteiger partial charge in [-0.05, 0) is 25.3 Å². The number of esters is 1. The van der Waals surface area contributed by atoms with Crippen LogP contribution >= 0.6 is 0 Å². The van der Waals surface area contributed by atoms with Crippen LogP contribution in [0, 0.1) is 28.6 Å². The lowest BCUT2D eigenvalue weighted by Gasteiger charge is -2.43. The highest BCUT2D eigenvalue weighted by Crippen LogP contribution is 2.37. The van der Waals surface area contributed by atoms with Gasteiger partial charge in [0.25, 0.3) is 0 Å². The van der Waals surface area contributed by atoms with Gasteiger partial charge in [-0.25, -0.2) is 9.69 Å². The molecule has 0 saturated carbocycles. The quantitative estimate of drug-likeness (QED) is 0.327. The second-order valence-corrected chi connectivity index (χ2v) is 5.12. The summed E-state index contributed by atoms with van der Waals surface area (Å²) in [6.07, 6.45) is 0. The molecule has 1 aliphatic heterocycles. The van der Waals surface area contributed by atoms with Gasteiger partial charge in [-0.15, -0.1) is 0 Å². The Kier molecular flexibility index (Phi) is 4.98. The number of benzene rings is 1. The fraction of sp³-hybridized carbons (Fsp3) is 0.294. The Balaban J connectivity index is 2.39. The van der Waals surface area contributed by atoms with Crippen LogP contribution < -0.4 is 5.11 Å². The van der Waals surface area contributed by atoms with E-state index in [2.05, 4.69) is 9.47 Å². The van der Waals surface area contributed by atoms with Crippen molar-refractivity contribution in [3.63, 3.8) is 0 Å². The minimum atomic E-state index is -2.12. The van der Waals surface area contributed by atoms with E-state index in [1.807, 2.05) is 30.3 Å². The predicted octanol–water partition coefficient (Wildman–Crippen LogP) is 0.102. The summed E-state index contributed by atoms with van der Waals surface area (Å²) in [5, 5.41) is 30.8. The summed E-state index contributed by atoms with van der Waals surface area (Å²) in [6, 6.07) is 12.9. The molecule has 7 nitrogen and oxygen atoms in total. The van der Waals surface area contributed by atoms with Crippen LogP contribution in [0.15, 0.2) is 41.9 Å². The van der Waals surface area contributed by atoms with Crippen LogP contribution in [0.1, 0.15) is 5.56 Å². The third kappa shape index (κ3) is 2.62. The van der Waals surface area contributed by atoms with E-state index < -0.39 is 23.0 Å². The van der Waals surface area contributed by atoms with Gasteiger partial charge in [0.05, 0.1) is 37.6 Å². The molecule has 2 rings (SSSR count). The van der Waals surface area contributed by atoms with Gasteiger partial charge >= 0.3 is 5.97 Å². The Morgan fingerprint density at radius 2 is 1.88 bits per heavy atom. The van der Waals surface area contributed by atoms with Crippen molar-refractivity contribution in [2.75, 3.05) is 27.3 Å². The lowest BCUT2D eigenvalue weighted by Crippen LogP contribution is -2.64. The first-order valence-corrected chi connectivity index (χ1v) is 7.05. The Labute approximate surface area is 139 Å². The van der Waals surface area contributed by atoms with E-state index in [1.165, 1.54) is 4.90 Å². The summed E-state index contributed by atoms with van der Waals surface area (Å²) in [5.74, 6) is -1.03. The maximum atomic E-state index is 12.3. The molecule has 1 aromatic carbocycles. The lowest BCUT2D eigenvalue weighted by atomic mass is 9.81. The van der Waals surface area contributed by atoms with E-state index in [-0.39, 0.29) is 13.1 Å². The molecule has 0 amide bonds. The summed E-state index contributed by atoms with van der Waals surface area (Å²) in [7, 11) is 2.18. The van der Waals surface area contributed by atoms with E-state index in [9.17, 15) is 20.4 Å². The van der Waals surface area contributed by atoms with Crippen LogP contribution in [0.25, 0.3) is 0 Å². The number of carbonyl (C=O) groups excluding carboxylic acids is 1. The number of hydrogen-bond donors (Lipinski definition) is 0. The molecular weight excluding hydrogens is 310 g/mol. The SMILES string of the molecule is COC(=O)C(C#N)(C(C#N)=C([O-])OC)N1C[C+](c2ccccc2)C1. The second-order valence-electron chi connectivity index (χ2n) is 5.12. The monoisotopic (exact) mass is 325 g/mol. The summed E-state index contributed by atoms with van der Waals surface area (Å²) in [6.45, 7) is 0.518. The van der Waals surface area contributed by atoms with Gasteiger partial charge in [0, 0.05) is 12.1 Å². The topological polar surface area (TPSA) is 109 Å². The number of nitriles is 2. The first kappa shape index (κ1) is 17.2. The predicted molar refractivity (Wildman–Crippen MR) is 80.4 cm³/mol. The Bertz CT molecular complexity index is 726. The fourth-order valence-electron chi connectivity index (χ4n) is 2.59. The molecule has 0 aliphatic carbocycles. The van der Waals surface area contributed by atoms with E-state index in [0.29, 0.717) is 0 Å². The van der Waals surface area contributed by atoms with Crippen LogP contribution in [-0.2, 0) is 14.3 Å². The number of likely N-dealkylation sites (tertiary alicyclic amines) is 1. The van der Waals surface area contributed by atoms with Crippen molar-refractivity contribution >= 4 is 5.97 Å². The van der Waals surface area contributed by atoms with Crippen LogP contribution in [0.4, 0.5) is 0 Å². The number of rotatable bonds is 5. The molecule has 7 heteroatoms. The molecule has 1 fully saturated rings. The molecule has 0 N–H and O–H groups in total. The number of carbonyl (C=O) groups is 1. The van der Waals surface area contributed by atoms with E-state index >= 15 is 0 Å². The highest BCUT2D eigenvalue weighted by atomic mass is 16.6. The first-order chi connectivity index (χ1) is 11.5. The van der Waals surface area contributed by atoms with Crippen LogP contribution in [0.2, 0.25) is 0 Å². The van der Waals surface area contributed by atoms with Crippen molar-refractivity contribution in [2.24, 2.45) is 0 Å². The summed E-state index contributed by atoms with van der Waals surface area (Å²) >= 11 is 0. The third-order valence-corrected chi connectivity index (χ3v) is 3.93. The van der Waals surface area contributed by atoms with Gasteiger partial charge in [0.15, 0.2) is 0 Å². The normalized spacial score (nSPS) is 17.4. The molecule has 0 aromatic heterocycles. The Hall–Kier alpha value is -3.16. The number of hydrogen-bond acceptors (Lipinski definition) is 7. The molecular formula is C17H15N3O4. The maximum absolute atomic E-state index is 12.3. The van der Waals surface area contributed by atoms with E-state index in [0.717, 1.165) is 25.7 Å². The molecule has 1 atom stereocenters. The van der Waals surface area contributed by atoms with E-state index in [1.54, 1.807) is 12.1 Å². The van der Waals surface area contributed by atoms with Crippen molar-refractivity contribution in [1.29, 1.82) is 10.5 Å². The second kappa shape index (κ2) is 6.95. The van der Waals surface area contributed by atoms with Gasteiger partial charge in [0.1, 0.15) is 17.7 Å². The van der Waals surface area contributed by atoms with Crippen molar-refractivity contribution in [2.45, 2.75) is 5.54 Å². The number of nitrogens with zero attached hydrogens (tertiary/aromatic N) is 3. The molecule has 1 heterocycles. The van der Waals surface area contributed by atoms with Crippen molar-refractivity contribution < 1.29 is 19.4 Å². The van der Waals surface area contributed by atoms with Gasteiger partial charge in [0.2, 0.25) is 5.54 Å². The highest BCUT2D eigenvalue weighted by Gasteiger charge is 2.57. The van der Waals surface area contributed by atoms with Crippen LogP contribution in [0.3, 0.4) is 0 Å². The molecule has 1 saturated heterocycles. The standard InChI is InChI=1S/C17H15N3O4/c1-23-15(21)14(8-18)17(11-19,16(22)24-2)20-9-13(10-20)12-6-4-3-5-7-12/h3-7H,9-10H2,1-2H3. The van der Waals surface area contributed by atoms with Crippen molar-refractivity contribution in [1.82, 2.24) is 4.90 Å². The van der Waals surface area contributed by atoms with Crippen molar-refractivity contribution in [3.8, 4) is 12.1 Å². The molecule has 1 aromatic rings. The zero-order chi connectivity index (χ0) is 17.7. The summed E-state index contributed by atoms with van der Waals surface area (Å²) in [5.41, 5.74) is -1.75. The smallest absolute Gasteiger partial charge is 0.346 e. The maximum Gasteiger partial charge on any atom is 0.346 e. The fourth-order valence-corrected chi connectivity index (χ4v) is 2.59. The Morgan fingerprint density at radius 1 is 1.25 bits per heavy atom. The summed E-state index contributed by atoms with van der Waals surface area (Å²) in [4.78, 5) is 13.7. The largest absolute Gasteiger partial charge is 0.616 e. The first-order valence-electron chi connectivity index (χ1n) is 7.05. The lowest BCUT2D eigenvalue weighted by molar-refractivity contribution is -0.355. The van der Waals surface area contributed by atoms with Gasteiger partial charge in [-0.3, -0.25) is 0 Å². The highest BCUT2D eigenvalue weighted by molar-refractivity contribution is 5.90. The van der Waals surface area contributed by atoms with Crippen molar-refractivity contribution in [3.05, 3.63) is 53.3 Å².